The molecule has 0 aliphatic carbocycles. The Kier molecular flexibility index (Phi) is 1.81. The second-order valence-electron chi connectivity index (χ2n) is 2.82. The van der Waals surface area contributed by atoms with Gasteiger partial charge in [-0.3, -0.25) is 4.79 Å². The van der Waals surface area contributed by atoms with E-state index in [1.807, 2.05) is 7.05 Å². The van der Waals surface area contributed by atoms with Crippen molar-refractivity contribution in [1.82, 2.24) is 9.55 Å². The number of aryl methyl sites for hydroxylation is 1. The SMILES string of the molecule is Cn1cnc(=O)c2cc(Cl)ccc21. The van der Waals surface area contributed by atoms with E-state index in [4.69, 9.17) is 11.6 Å². The molecule has 4 heteroatoms. The summed E-state index contributed by atoms with van der Waals surface area (Å²) in [5.41, 5.74) is 0.597. The Morgan fingerprint density at radius 2 is 2.23 bits per heavy atom. The number of hydrogen-bond acceptors (Lipinski definition) is 2. The minimum Gasteiger partial charge on any atom is -0.335 e. The zero-order valence-corrected chi connectivity index (χ0v) is 7.75. The summed E-state index contributed by atoms with van der Waals surface area (Å²) in [6.45, 7) is 0. The van der Waals surface area contributed by atoms with Crippen LogP contribution in [0.1, 0.15) is 0 Å². The first kappa shape index (κ1) is 8.26. The van der Waals surface area contributed by atoms with Crippen molar-refractivity contribution in [1.29, 1.82) is 0 Å². The molecule has 0 aliphatic heterocycles. The molecule has 3 nitrogen and oxygen atoms in total. The third-order valence-corrected chi connectivity index (χ3v) is 2.15. The number of halogens is 1. The van der Waals surface area contributed by atoms with E-state index < -0.39 is 0 Å². The minimum absolute atomic E-state index is 0.240. The van der Waals surface area contributed by atoms with E-state index in [-0.39, 0.29) is 5.56 Å². The van der Waals surface area contributed by atoms with Gasteiger partial charge in [-0.1, -0.05) is 11.6 Å². The molecule has 0 saturated carbocycles. The van der Waals surface area contributed by atoms with Crippen molar-refractivity contribution < 1.29 is 0 Å². The van der Waals surface area contributed by atoms with Crippen LogP contribution in [0, 0.1) is 0 Å². The molecule has 0 unspecified atom stereocenters. The second-order valence-corrected chi connectivity index (χ2v) is 3.26. The van der Waals surface area contributed by atoms with E-state index in [1.165, 1.54) is 6.33 Å². The highest BCUT2D eigenvalue weighted by molar-refractivity contribution is 6.31. The smallest absolute Gasteiger partial charge is 0.280 e. The summed E-state index contributed by atoms with van der Waals surface area (Å²) in [5.74, 6) is 0. The van der Waals surface area contributed by atoms with E-state index >= 15 is 0 Å². The fraction of sp³-hybridized carbons (Fsp3) is 0.111. The molecular formula is C9H7ClN2O. The number of aromatic nitrogens is 2. The zero-order valence-electron chi connectivity index (χ0n) is 6.99. The van der Waals surface area contributed by atoms with E-state index in [2.05, 4.69) is 4.98 Å². The molecule has 1 aromatic heterocycles. The Morgan fingerprint density at radius 1 is 1.46 bits per heavy atom. The third kappa shape index (κ3) is 1.31. The molecule has 0 aliphatic rings. The van der Waals surface area contributed by atoms with Gasteiger partial charge < -0.3 is 4.57 Å². The van der Waals surface area contributed by atoms with Crippen LogP contribution in [0.25, 0.3) is 10.9 Å². The topological polar surface area (TPSA) is 34.9 Å². The van der Waals surface area contributed by atoms with Gasteiger partial charge in [0.2, 0.25) is 0 Å². The molecule has 0 bridgehead atoms. The molecule has 0 saturated heterocycles. The van der Waals surface area contributed by atoms with Crippen molar-refractivity contribution in [2.75, 3.05) is 0 Å². The van der Waals surface area contributed by atoms with E-state index in [1.54, 1.807) is 22.8 Å². The predicted molar refractivity (Wildman–Crippen MR) is 52.0 cm³/mol. The fourth-order valence-corrected chi connectivity index (χ4v) is 1.43. The summed E-state index contributed by atoms with van der Waals surface area (Å²) >= 11 is 5.77. The van der Waals surface area contributed by atoms with Crippen molar-refractivity contribution in [3.63, 3.8) is 0 Å². The van der Waals surface area contributed by atoms with E-state index in [9.17, 15) is 4.79 Å². The number of nitrogens with zero attached hydrogens (tertiary/aromatic N) is 2. The van der Waals surface area contributed by atoms with Gasteiger partial charge in [0, 0.05) is 12.1 Å². The number of rotatable bonds is 0. The van der Waals surface area contributed by atoms with Crippen molar-refractivity contribution >= 4 is 22.5 Å². The highest BCUT2D eigenvalue weighted by atomic mass is 35.5. The fourth-order valence-electron chi connectivity index (χ4n) is 1.26. The van der Waals surface area contributed by atoms with Gasteiger partial charge in [-0.15, -0.1) is 0 Å². The lowest BCUT2D eigenvalue weighted by Gasteiger charge is -2.02. The van der Waals surface area contributed by atoms with Crippen LogP contribution in [0.5, 0.6) is 0 Å². The Labute approximate surface area is 79.6 Å². The maximum Gasteiger partial charge on any atom is 0.280 e. The Morgan fingerprint density at radius 3 is 3.00 bits per heavy atom. The molecule has 13 heavy (non-hydrogen) atoms. The number of hydrogen-bond donors (Lipinski definition) is 0. The summed E-state index contributed by atoms with van der Waals surface area (Å²) < 4.78 is 1.78. The van der Waals surface area contributed by atoms with Gasteiger partial charge in [-0.25, -0.2) is 0 Å². The molecule has 0 amide bonds. The molecule has 2 aromatic rings. The lowest BCUT2D eigenvalue weighted by Crippen LogP contribution is -2.09. The molecule has 1 heterocycles. The molecular weight excluding hydrogens is 188 g/mol. The molecule has 66 valence electrons. The second kappa shape index (κ2) is 2.85. The third-order valence-electron chi connectivity index (χ3n) is 1.92. The van der Waals surface area contributed by atoms with Gasteiger partial charge >= 0.3 is 0 Å². The van der Waals surface area contributed by atoms with Gasteiger partial charge in [0.15, 0.2) is 0 Å². The first-order valence-electron chi connectivity index (χ1n) is 3.79. The highest BCUT2D eigenvalue weighted by Crippen LogP contribution is 2.14. The minimum atomic E-state index is -0.240. The number of fused-ring (bicyclic) bond motifs is 1. The lowest BCUT2D eigenvalue weighted by atomic mass is 10.2. The Hall–Kier alpha value is -1.35. The van der Waals surface area contributed by atoms with Gasteiger partial charge in [-0.05, 0) is 18.2 Å². The standard InChI is InChI=1S/C9H7ClN2O/c1-12-5-11-9(13)7-4-6(10)2-3-8(7)12/h2-5H,1H3. The highest BCUT2D eigenvalue weighted by Gasteiger charge is 2.01. The molecule has 0 spiro atoms. The number of benzene rings is 1. The van der Waals surface area contributed by atoms with Crippen LogP contribution in [-0.4, -0.2) is 9.55 Å². The molecule has 0 N–H and O–H groups in total. The molecule has 0 atom stereocenters. The van der Waals surface area contributed by atoms with E-state index in [0.717, 1.165) is 5.52 Å². The monoisotopic (exact) mass is 194 g/mol. The van der Waals surface area contributed by atoms with Crippen LogP contribution >= 0.6 is 11.6 Å². The molecule has 0 radical (unpaired) electrons. The average Bonchev–Trinajstić information content (AvgIpc) is 2.12. The van der Waals surface area contributed by atoms with Gasteiger partial charge in [-0.2, -0.15) is 4.98 Å². The predicted octanol–water partition coefficient (Wildman–Crippen LogP) is 1.59. The van der Waals surface area contributed by atoms with Crippen LogP contribution < -0.4 is 5.56 Å². The summed E-state index contributed by atoms with van der Waals surface area (Å²) in [7, 11) is 1.84. The average molecular weight is 195 g/mol. The van der Waals surface area contributed by atoms with Crippen molar-refractivity contribution in [2.24, 2.45) is 7.05 Å². The summed E-state index contributed by atoms with van der Waals surface area (Å²) in [6.07, 6.45) is 1.50. The van der Waals surface area contributed by atoms with Crippen LogP contribution in [0.2, 0.25) is 5.02 Å². The molecule has 2 rings (SSSR count). The van der Waals surface area contributed by atoms with Gasteiger partial charge in [0.05, 0.1) is 17.2 Å². The van der Waals surface area contributed by atoms with Crippen LogP contribution in [0.4, 0.5) is 0 Å². The first-order chi connectivity index (χ1) is 6.18. The van der Waals surface area contributed by atoms with Crippen LogP contribution in [-0.2, 0) is 7.05 Å². The lowest BCUT2D eigenvalue weighted by molar-refractivity contribution is 0.901. The summed E-state index contributed by atoms with van der Waals surface area (Å²) in [6, 6.07) is 5.19. The van der Waals surface area contributed by atoms with Crippen LogP contribution in [0.3, 0.4) is 0 Å². The van der Waals surface area contributed by atoms with Crippen molar-refractivity contribution in [3.05, 3.63) is 39.9 Å². The largest absolute Gasteiger partial charge is 0.335 e. The normalized spacial score (nSPS) is 10.6. The maximum absolute atomic E-state index is 11.3. The quantitative estimate of drug-likeness (QED) is 0.639. The molecule has 0 fully saturated rings. The zero-order chi connectivity index (χ0) is 9.42. The van der Waals surface area contributed by atoms with Crippen molar-refractivity contribution in [2.45, 2.75) is 0 Å². The summed E-state index contributed by atoms with van der Waals surface area (Å²) in [4.78, 5) is 15.0. The maximum atomic E-state index is 11.3. The van der Waals surface area contributed by atoms with Crippen molar-refractivity contribution in [3.8, 4) is 0 Å². The molecule has 1 aromatic carbocycles. The van der Waals surface area contributed by atoms with Crippen LogP contribution in [0.15, 0.2) is 29.3 Å². The van der Waals surface area contributed by atoms with E-state index in [0.29, 0.717) is 10.4 Å². The Bertz CT molecular complexity index is 518. The van der Waals surface area contributed by atoms with Gasteiger partial charge in [0.25, 0.3) is 5.56 Å². The first-order valence-corrected chi connectivity index (χ1v) is 4.17. The summed E-state index contributed by atoms with van der Waals surface area (Å²) in [5, 5.41) is 1.11. The Balaban J connectivity index is 3.01. The van der Waals surface area contributed by atoms with Gasteiger partial charge in [0.1, 0.15) is 0 Å².